The van der Waals surface area contributed by atoms with Crippen LogP contribution in [0.4, 0.5) is 0 Å². The van der Waals surface area contributed by atoms with E-state index in [9.17, 15) is 14.7 Å². The molecule has 2 N–H and O–H groups in total. The van der Waals surface area contributed by atoms with Gasteiger partial charge in [0, 0.05) is 17.0 Å². The lowest BCUT2D eigenvalue weighted by atomic mass is 9.99. The fraction of sp³-hybridized carbons (Fsp3) is 0.0500. The molecule has 0 amide bonds. The van der Waals surface area contributed by atoms with Crippen LogP contribution in [0.5, 0.6) is 0 Å². The number of aromatic nitrogens is 2. The van der Waals surface area contributed by atoms with Gasteiger partial charge in [-0.15, -0.1) is 0 Å². The summed E-state index contributed by atoms with van der Waals surface area (Å²) in [5, 5.41) is 11.6. The topological polar surface area (TPSA) is 83.0 Å². The summed E-state index contributed by atoms with van der Waals surface area (Å²) in [5.41, 5.74) is 2.26. The molecule has 5 nitrogen and oxygen atoms in total. The van der Waals surface area contributed by atoms with E-state index in [-0.39, 0.29) is 11.1 Å². The fourth-order valence-corrected chi connectivity index (χ4v) is 3.10. The number of aromatic amines is 1. The molecule has 0 radical (unpaired) electrons. The number of benzene rings is 2. The van der Waals surface area contributed by atoms with Gasteiger partial charge in [0.25, 0.3) is 5.56 Å². The van der Waals surface area contributed by atoms with Crippen molar-refractivity contribution in [1.82, 2.24) is 9.97 Å². The van der Waals surface area contributed by atoms with E-state index >= 15 is 0 Å². The van der Waals surface area contributed by atoms with Crippen molar-refractivity contribution in [3.8, 4) is 0 Å². The number of carboxylic acids is 1. The van der Waals surface area contributed by atoms with Crippen molar-refractivity contribution >= 4 is 27.8 Å². The summed E-state index contributed by atoms with van der Waals surface area (Å²) >= 11 is 0. The van der Waals surface area contributed by atoms with E-state index in [2.05, 4.69) is 9.97 Å². The number of rotatable bonds is 3. The fourth-order valence-electron chi connectivity index (χ4n) is 3.10. The first-order valence-corrected chi connectivity index (χ1v) is 7.84. The van der Waals surface area contributed by atoms with E-state index in [0.717, 1.165) is 21.9 Å². The number of nitrogens with one attached hydrogen (secondary N) is 1. The van der Waals surface area contributed by atoms with Crippen LogP contribution in [0.2, 0.25) is 0 Å². The predicted molar refractivity (Wildman–Crippen MR) is 96.1 cm³/mol. The second-order valence-corrected chi connectivity index (χ2v) is 5.88. The molecule has 5 heteroatoms. The smallest absolute Gasteiger partial charge is 0.335 e. The largest absolute Gasteiger partial charge is 0.478 e. The molecule has 2 aromatic carbocycles. The van der Waals surface area contributed by atoms with Gasteiger partial charge >= 0.3 is 5.97 Å². The van der Waals surface area contributed by atoms with Crippen molar-refractivity contribution in [2.75, 3.05) is 0 Å². The molecule has 2 heterocycles. The number of hydrogen-bond donors (Lipinski definition) is 2. The third-order valence-electron chi connectivity index (χ3n) is 4.28. The standard InChI is InChI=1S/C20H14N2O3/c23-19-16-8-4-3-7-15(16)17-10-12(11-21-18(17)22-19)9-13-5-1-2-6-14(13)20(24)25/h1-8,10-11H,9H2,(H,24,25)(H,21,22,23). The normalized spacial score (nSPS) is 11.0. The molecule has 0 bridgehead atoms. The molecule has 0 fully saturated rings. The molecule has 0 aliphatic rings. The Balaban J connectivity index is 1.88. The molecule has 0 unspecified atom stereocenters. The number of nitrogens with zero attached hydrogens (tertiary/aromatic N) is 1. The van der Waals surface area contributed by atoms with Gasteiger partial charge in [-0.2, -0.15) is 0 Å². The summed E-state index contributed by atoms with van der Waals surface area (Å²) in [4.78, 5) is 30.7. The summed E-state index contributed by atoms with van der Waals surface area (Å²) in [7, 11) is 0. The average molecular weight is 330 g/mol. The molecular formula is C20H14N2O3. The van der Waals surface area contributed by atoms with E-state index in [4.69, 9.17) is 0 Å². The molecule has 0 aliphatic carbocycles. The monoisotopic (exact) mass is 330 g/mol. The lowest BCUT2D eigenvalue weighted by molar-refractivity contribution is 0.0696. The highest BCUT2D eigenvalue weighted by Crippen LogP contribution is 2.22. The van der Waals surface area contributed by atoms with Crippen molar-refractivity contribution in [2.24, 2.45) is 0 Å². The predicted octanol–water partition coefficient (Wildman–Crippen LogP) is 3.37. The maximum atomic E-state index is 12.1. The van der Waals surface area contributed by atoms with Gasteiger partial charge in [-0.05, 0) is 41.1 Å². The average Bonchev–Trinajstić information content (AvgIpc) is 2.63. The van der Waals surface area contributed by atoms with Crippen LogP contribution in [0.3, 0.4) is 0 Å². The van der Waals surface area contributed by atoms with Crippen LogP contribution < -0.4 is 5.56 Å². The number of carboxylic acid groups (broad SMARTS) is 1. The summed E-state index contributed by atoms with van der Waals surface area (Å²) in [6.07, 6.45) is 2.13. The molecule has 0 spiro atoms. The Bertz CT molecular complexity index is 1180. The van der Waals surface area contributed by atoms with Crippen LogP contribution in [0, 0.1) is 0 Å². The highest BCUT2D eigenvalue weighted by molar-refractivity contribution is 6.04. The van der Waals surface area contributed by atoms with Crippen molar-refractivity contribution in [3.05, 3.63) is 87.8 Å². The van der Waals surface area contributed by atoms with E-state index < -0.39 is 5.97 Å². The second kappa shape index (κ2) is 5.87. The van der Waals surface area contributed by atoms with Crippen LogP contribution in [-0.2, 0) is 6.42 Å². The molecule has 4 aromatic rings. The molecule has 25 heavy (non-hydrogen) atoms. The third-order valence-corrected chi connectivity index (χ3v) is 4.28. The van der Waals surface area contributed by atoms with Crippen molar-refractivity contribution in [3.63, 3.8) is 0 Å². The lowest BCUT2D eigenvalue weighted by Gasteiger charge is -2.08. The minimum atomic E-state index is -0.945. The number of carbonyl (C=O) groups is 1. The summed E-state index contributed by atoms with van der Waals surface area (Å²) in [6, 6.07) is 16.3. The molecular weight excluding hydrogens is 316 g/mol. The van der Waals surface area contributed by atoms with E-state index in [1.165, 1.54) is 0 Å². The SMILES string of the molecule is O=C(O)c1ccccc1Cc1cnc2[nH]c(=O)c3ccccc3c2c1. The minimum absolute atomic E-state index is 0.167. The highest BCUT2D eigenvalue weighted by atomic mass is 16.4. The van der Waals surface area contributed by atoms with E-state index in [1.807, 2.05) is 30.3 Å². The van der Waals surface area contributed by atoms with Gasteiger partial charge in [-0.1, -0.05) is 36.4 Å². The van der Waals surface area contributed by atoms with Gasteiger partial charge in [0.2, 0.25) is 0 Å². The van der Waals surface area contributed by atoms with Gasteiger partial charge in [-0.25, -0.2) is 9.78 Å². The van der Waals surface area contributed by atoms with Crippen LogP contribution in [0.25, 0.3) is 21.8 Å². The Kier molecular flexibility index (Phi) is 3.54. The third kappa shape index (κ3) is 2.65. The maximum absolute atomic E-state index is 12.1. The zero-order valence-electron chi connectivity index (χ0n) is 13.2. The Labute approximate surface area is 142 Å². The van der Waals surface area contributed by atoms with Crippen LogP contribution in [0.15, 0.2) is 65.6 Å². The number of hydrogen-bond acceptors (Lipinski definition) is 3. The first-order valence-electron chi connectivity index (χ1n) is 7.84. The Morgan fingerprint density at radius 1 is 1.00 bits per heavy atom. The molecule has 0 saturated heterocycles. The van der Waals surface area contributed by atoms with Gasteiger partial charge in [0.15, 0.2) is 0 Å². The zero-order chi connectivity index (χ0) is 17.4. The lowest BCUT2D eigenvalue weighted by Crippen LogP contribution is -2.08. The second-order valence-electron chi connectivity index (χ2n) is 5.88. The van der Waals surface area contributed by atoms with E-state index in [1.54, 1.807) is 30.5 Å². The zero-order valence-corrected chi connectivity index (χ0v) is 13.2. The number of aromatic carboxylic acids is 1. The molecule has 4 rings (SSSR count). The Morgan fingerprint density at radius 2 is 1.72 bits per heavy atom. The maximum Gasteiger partial charge on any atom is 0.335 e. The first kappa shape index (κ1) is 15.1. The van der Waals surface area contributed by atoms with Crippen LogP contribution >= 0.6 is 0 Å². The molecule has 2 aromatic heterocycles. The quantitative estimate of drug-likeness (QED) is 0.564. The number of fused-ring (bicyclic) bond motifs is 3. The van der Waals surface area contributed by atoms with Gasteiger partial charge in [0.1, 0.15) is 5.65 Å². The summed E-state index contributed by atoms with van der Waals surface area (Å²) < 4.78 is 0. The van der Waals surface area contributed by atoms with Crippen LogP contribution in [-0.4, -0.2) is 21.0 Å². The van der Waals surface area contributed by atoms with Gasteiger partial charge < -0.3 is 10.1 Å². The Morgan fingerprint density at radius 3 is 2.52 bits per heavy atom. The number of pyridine rings is 2. The highest BCUT2D eigenvalue weighted by Gasteiger charge is 2.11. The van der Waals surface area contributed by atoms with Gasteiger partial charge in [-0.3, -0.25) is 4.79 Å². The first-order chi connectivity index (χ1) is 12.1. The molecule has 0 atom stereocenters. The van der Waals surface area contributed by atoms with Gasteiger partial charge in [0.05, 0.1) is 5.56 Å². The molecule has 0 aliphatic heterocycles. The van der Waals surface area contributed by atoms with Crippen molar-refractivity contribution < 1.29 is 9.90 Å². The van der Waals surface area contributed by atoms with Crippen molar-refractivity contribution in [2.45, 2.75) is 6.42 Å². The summed E-state index contributed by atoms with van der Waals surface area (Å²) in [5.74, 6) is -0.945. The Hall–Kier alpha value is -3.47. The molecule has 122 valence electrons. The minimum Gasteiger partial charge on any atom is -0.478 e. The van der Waals surface area contributed by atoms with Crippen molar-refractivity contribution in [1.29, 1.82) is 0 Å². The van der Waals surface area contributed by atoms with E-state index in [0.29, 0.717) is 17.5 Å². The van der Waals surface area contributed by atoms with Crippen LogP contribution in [0.1, 0.15) is 21.5 Å². The molecule has 0 saturated carbocycles. The summed E-state index contributed by atoms with van der Waals surface area (Å²) in [6.45, 7) is 0. The number of H-pyrrole nitrogens is 1.